The molecule has 0 aliphatic rings. The molecule has 0 bridgehead atoms. The Morgan fingerprint density at radius 3 is 2.43 bits per heavy atom. The van der Waals surface area contributed by atoms with Crippen LogP contribution < -0.4 is 5.73 Å². The van der Waals surface area contributed by atoms with Crippen molar-refractivity contribution in [2.75, 3.05) is 0 Å². The second-order valence-electron chi connectivity index (χ2n) is 3.18. The minimum atomic E-state index is -0.585. The number of nitrogens with two attached hydrogens (primary N) is 1. The topological polar surface area (TPSA) is 60.2 Å². The third-order valence-corrected chi connectivity index (χ3v) is 1.97. The van der Waals surface area contributed by atoms with Crippen molar-refractivity contribution in [3.8, 4) is 0 Å². The molecule has 0 saturated carbocycles. The zero-order valence-corrected chi connectivity index (χ0v) is 7.99. The first-order chi connectivity index (χ1) is 6.63. The first kappa shape index (κ1) is 10.6. The molecule has 3 heteroatoms. The molecule has 0 spiro atoms. The Hall–Kier alpha value is -1.48. The summed E-state index contributed by atoms with van der Waals surface area (Å²) in [6.07, 6.45) is 2.17. The molecular weight excluding hydrogens is 178 g/mol. The fraction of sp³-hybridized carbons (Fsp3) is 0.273. The lowest BCUT2D eigenvalue weighted by Crippen LogP contribution is -2.23. The monoisotopic (exact) mass is 190 g/mol. The Morgan fingerprint density at radius 1 is 1.43 bits per heavy atom. The van der Waals surface area contributed by atoms with Crippen LogP contribution in [0.5, 0.6) is 0 Å². The summed E-state index contributed by atoms with van der Waals surface area (Å²) in [6.45, 7) is 1.51. The molecule has 1 rings (SSSR count). The molecule has 2 N–H and O–H groups in total. The highest BCUT2D eigenvalue weighted by molar-refractivity contribution is 5.94. The van der Waals surface area contributed by atoms with Crippen molar-refractivity contribution in [1.82, 2.24) is 0 Å². The molecule has 0 fully saturated rings. The van der Waals surface area contributed by atoms with Crippen LogP contribution in [0.3, 0.4) is 0 Å². The van der Waals surface area contributed by atoms with Crippen molar-refractivity contribution in [2.24, 2.45) is 5.73 Å². The molecule has 0 amide bonds. The number of ketones is 1. The van der Waals surface area contributed by atoms with Crippen LogP contribution in [0, 0.1) is 0 Å². The molecule has 1 unspecified atom stereocenters. The molecule has 0 aromatic heterocycles. The van der Waals surface area contributed by atoms with Gasteiger partial charge in [0.2, 0.25) is 6.29 Å². The third-order valence-electron chi connectivity index (χ3n) is 1.97. The smallest absolute Gasteiger partial charge is 0.217 e. The van der Waals surface area contributed by atoms with Crippen molar-refractivity contribution in [3.63, 3.8) is 0 Å². The van der Waals surface area contributed by atoms with Crippen LogP contribution >= 0.6 is 0 Å². The summed E-state index contributed by atoms with van der Waals surface area (Å²) < 4.78 is 0. The van der Waals surface area contributed by atoms with E-state index < -0.39 is 6.04 Å². The van der Waals surface area contributed by atoms with Crippen LogP contribution in [0.25, 0.3) is 0 Å². The van der Waals surface area contributed by atoms with Gasteiger partial charge in [-0.05, 0) is 18.9 Å². The third kappa shape index (κ3) is 2.78. The second-order valence-corrected chi connectivity index (χ2v) is 3.18. The Balaban J connectivity index is 2.73. The second kappa shape index (κ2) is 4.67. The van der Waals surface area contributed by atoms with Gasteiger partial charge in [-0.3, -0.25) is 9.59 Å². The fourth-order valence-corrected chi connectivity index (χ4v) is 1.17. The molecule has 1 aromatic rings. The van der Waals surface area contributed by atoms with Gasteiger partial charge in [-0.25, -0.2) is 0 Å². The average Bonchev–Trinajstić information content (AvgIpc) is 2.18. The Bertz CT molecular complexity index is 330. The van der Waals surface area contributed by atoms with E-state index in [0.29, 0.717) is 12.0 Å². The molecule has 0 aliphatic carbocycles. The first-order valence-corrected chi connectivity index (χ1v) is 4.36. The molecule has 1 aromatic carbocycles. The van der Waals surface area contributed by atoms with E-state index >= 15 is 0 Å². The van der Waals surface area contributed by atoms with E-state index in [9.17, 15) is 9.59 Å². The highest BCUT2D eigenvalue weighted by Gasteiger charge is 2.04. The summed E-state index contributed by atoms with van der Waals surface area (Å²) in [5.74, 6) is 0.0304. The molecule has 14 heavy (non-hydrogen) atoms. The van der Waals surface area contributed by atoms with Crippen LogP contribution in [0.2, 0.25) is 0 Å². The van der Waals surface area contributed by atoms with E-state index in [2.05, 4.69) is 0 Å². The predicted octanol–water partition coefficient (Wildman–Crippen LogP) is 0.869. The lowest BCUT2D eigenvalue weighted by atomic mass is 10.0. The van der Waals surface area contributed by atoms with E-state index in [1.54, 1.807) is 30.6 Å². The lowest BCUT2D eigenvalue weighted by molar-refractivity contribution is 0.101. The van der Waals surface area contributed by atoms with Crippen LogP contribution in [-0.2, 0) is 11.2 Å². The van der Waals surface area contributed by atoms with Gasteiger partial charge in [-0.15, -0.1) is 0 Å². The molecule has 73 valence electrons. The van der Waals surface area contributed by atoms with Gasteiger partial charge in [0.05, 0.1) is 6.04 Å². The van der Waals surface area contributed by atoms with E-state index in [4.69, 9.17) is 5.73 Å². The van der Waals surface area contributed by atoms with Crippen molar-refractivity contribution in [3.05, 3.63) is 35.4 Å². The molecular formula is C11H12NO2. The van der Waals surface area contributed by atoms with Crippen LogP contribution in [0.1, 0.15) is 22.8 Å². The number of hydrogen-bond acceptors (Lipinski definition) is 3. The van der Waals surface area contributed by atoms with Gasteiger partial charge < -0.3 is 5.73 Å². The molecule has 0 heterocycles. The average molecular weight is 190 g/mol. The summed E-state index contributed by atoms with van der Waals surface area (Å²) in [5, 5.41) is 0. The first-order valence-electron chi connectivity index (χ1n) is 4.36. The van der Waals surface area contributed by atoms with Crippen LogP contribution in [-0.4, -0.2) is 18.1 Å². The Kier molecular flexibility index (Phi) is 3.54. The van der Waals surface area contributed by atoms with Crippen molar-refractivity contribution < 1.29 is 9.59 Å². The molecule has 0 aliphatic heterocycles. The van der Waals surface area contributed by atoms with Crippen molar-refractivity contribution >= 4 is 12.1 Å². The van der Waals surface area contributed by atoms with Crippen molar-refractivity contribution in [1.29, 1.82) is 0 Å². The zero-order chi connectivity index (χ0) is 10.6. The maximum Gasteiger partial charge on any atom is 0.217 e. The van der Waals surface area contributed by atoms with E-state index in [1.165, 1.54) is 6.92 Å². The van der Waals surface area contributed by atoms with E-state index in [1.807, 2.05) is 0 Å². The maximum atomic E-state index is 10.9. The number of carbonyl (C=O) groups is 1. The number of benzene rings is 1. The number of rotatable bonds is 4. The SMILES string of the molecule is CC(=O)c1ccc(CC(N)[C]=O)cc1. The summed E-state index contributed by atoms with van der Waals surface area (Å²) in [7, 11) is 0. The van der Waals surface area contributed by atoms with Gasteiger partial charge in [0.15, 0.2) is 5.78 Å². The number of hydrogen-bond donors (Lipinski definition) is 1. The van der Waals surface area contributed by atoms with Gasteiger partial charge in [-0.2, -0.15) is 0 Å². The van der Waals surface area contributed by atoms with Gasteiger partial charge in [0.1, 0.15) is 0 Å². The minimum Gasteiger partial charge on any atom is -0.321 e. The Labute approximate surface area is 82.9 Å². The maximum absolute atomic E-state index is 10.9. The van der Waals surface area contributed by atoms with Crippen LogP contribution in [0.4, 0.5) is 0 Å². The fourth-order valence-electron chi connectivity index (χ4n) is 1.17. The molecule has 1 radical (unpaired) electrons. The van der Waals surface area contributed by atoms with Gasteiger partial charge in [0.25, 0.3) is 0 Å². The molecule has 3 nitrogen and oxygen atoms in total. The van der Waals surface area contributed by atoms with Gasteiger partial charge >= 0.3 is 0 Å². The predicted molar refractivity (Wildman–Crippen MR) is 53.8 cm³/mol. The number of carbonyl (C=O) groups excluding carboxylic acids is 2. The highest BCUT2D eigenvalue weighted by Crippen LogP contribution is 2.06. The summed E-state index contributed by atoms with van der Waals surface area (Å²) in [6, 6.07) is 6.48. The van der Waals surface area contributed by atoms with Crippen LogP contribution in [0.15, 0.2) is 24.3 Å². The number of Topliss-reactive ketones (excluding diaryl/α,β-unsaturated/α-hetero) is 1. The van der Waals surface area contributed by atoms with Crippen molar-refractivity contribution in [2.45, 2.75) is 19.4 Å². The lowest BCUT2D eigenvalue weighted by Gasteiger charge is -2.03. The minimum absolute atomic E-state index is 0.0304. The van der Waals surface area contributed by atoms with Gasteiger partial charge in [-0.1, -0.05) is 24.3 Å². The molecule has 1 atom stereocenters. The normalized spacial score (nSPS) is 12.1. The highest BCUT2D eigenvalue weighted by atomic mass is 16.1. The van der Waals surface area contributed by atoms with E-state index in [0.717, 1.165) is 5.56 Å². The zero-order valence-electron chi connectivity index (χ0n) is 7.99. The summed E-state index contributed by atoms with van der Waals surface area (Å²) in [4.78, 5) is 21.1. The largest absolute Gasteiger partial charge is 0.321 e. The standard InChI is InChI=1S/C11H12NO2/c1-8(14)10-4-2-9(3-5-10)6-11(12)7-13/h2-5,11H,6,12H2,1H3. The molecule has 0 saturated heterocycles. The van der Waals surface area contributed by atoms with E-state index in [-0.39, 0.29) is 5.78 Å². The summed E-state index contributed by atoms with van der Waals surface area (Å²) >= 11 is 0. The Morgan fingerprint density at radius 2 is 2.00 bits per heavy atom. The quantitative estimate of drug-likeness (QED) is 0.716. The summed E-state index contributed by atoms with van der Waals surface area (Å²) in [5.41, 5.74) is 7.01. The van der Waals surface area contributed by atoms with Gasteiger partial charge in [0, 0.05) is 5.56 Å².